The second-order valence-corrected chi connectivity index (χ2v) is 3.96. The lowest BCUT2D eigenvalue weighted by molar-refractivity contribution is -0.124. The van der Waals surface area contributed by atoms with E-state index < -0.39 is 0 Å². The fourth-order valence-corrected chi connectivity index (χ4v) is 2.18. The quantitative estimate of drug-likeness (QED) is 0.531. The monoisotopic (exact) mass is 139 g/mol. The van der Waals surface area contributed by atoms with Crippen LogP contribution in [-0.4, -0.2) is 11.4 Å². The number of carbonyl (C=O) groups is 1. The van der Waals surface area contributed by atoms with Gasteiger partial charge in [0.1, 0.15) is 0 Å². The van der Waals surface area contributed by atoms with Crippen LogP contribution in [0.2, 0.25) is 0 Å². The highest BCUT2D eigenvalue weighted by Gasteiger charge is 2.56. The predicted molar refractivity (Wildman–Crippen MR) is 38.4 cm³/mol. The molecule has 2 rings (SSSR count). The Morgan fingerprint density at radius 2 is 2.40 bits per heavy atom. The summed E-state index contributed by atoms with van der Waals surface area (Å²) < 4.78 is 0. The third-order valence-electron chi connectivity index (χ3n) is 2.92. The molecule has 2 fully saturated rings. The minimum Gasteiger partial charge on any atom is -0.351 e. The van der Waals surface area contributed by atoms with E-state index in [0.717, 1.165) is 12.3 Å². The molecule has 1 saturated heterocycles. The van der Waals surface area contributed by atoms with Crippen LogP contribution in [-0.2, 0) is 4.79 Å². The Hall–Kier alpha value is -0.530. The molecule has 0 aromatic heterocycles. The molecule has 1 aliphatic carbocycles. The van der Waals surface area contributed by atoms with Gasteiger partial charge in [-0.2, -0.15) is 0 Å². The van der Waals surface area contributed by atoms with Crippen molar-refractivity contribution in [1.82, 2.24) is 5.32 Å². The van der Waals surface area contributed by atoms with Crippen molar-refractivity contribution in [3.8, 4) is 0 Å². The van der Waals surface area contributed by atoms with E-state index in [4.69, 9.17) is 0 Å². The largest absolute Gasteiger partial charge is 0.351 e. The molecule has 2 nitrogen and oxygen atoms in total. The minimum atomic E-state index is 0.189. The Balaban J connectivity index is 2.15. The molecule has 0 aromatic rings. The zero-order valence-electron chi connectivity index (χ0n) is 6.48. The van der Waals surface area contributed by atoms with Gasteiger partial charge in [0.15, 0.2) is 0 Å². The lowest BCUT2D eigenvalue weighted by atomic mass is 9.95. The van der Waals surface area contributed by atoms with Crippen LogP contribution in [0.15, 0.2) is 0 Å². The first-order chi connectivity index (χ1) is 4.62. The van der Waals surface area contributed by atoms with E-state index in [1.54, 1.807) is 0 Å². The van der Waals surface area contributed by atoms with Crippen molar-refractivity contribution in [2.75, 3.05) is 0 Å². The minimum absolute atomic E-state index is 0.189. The summed E-state index contributed by atoms with van der Waals surface area (Å²) in [6.07, 6.45) is 1.93. The first-order valence-electron chi connectivity index (χ1n) is 3.93. The number of piperidine rings is 1. The van der Waals surface area contributed by atoms with Crippen molar-refractivity contribution < 1.29 is 4.79 Å². The van der Waals surface area contributed by atoms with E-state index in [1.165, 1.54) is 6.42 Å². The zero-order chi connectivity index (χ0) is 7.35. The van der Waals surface area contributed by atoms with Gasteiger partial charge in [-0.1, -0.05) is 6.92 Å². The van der Waals surface area contributed by atoms with Crippen molar-refractivity contribution in [3.05, 3.63) is 0 Å². The summed E-state index contributed by atoms with van der Waals surface area (Å²) >= 11 is 0. The average Bonchev–Trinajstić information content (AvgIpc) is 2.39. The van der Waals surface area contributed by atoms with Crippen LogP contribution in [0.25, 0.3) is 0 Å². The molecule has 10 heavy (non-hydrogen) atoms. The van der Waals surface area contributed by atoms with Gasteiger partial charge in [-0.3, -0.25) is 4.79 Å². The Bertz CT molecular complexity index is 190. The number of nitrogens with one attached hydrogen (secondary N) is 1. The molecule has 0 radical (unpaired) electrons. The fourth-order valence-electron chi connectivity index (χ4n) is 2.18. The summed E-state index contributed by atoms with van der Waals surface area (Å²) in [5.74, 6) is 1.62. The van der Waals surface area contributed by atoms with Crippen LogP contribution >= 0.6 is 0 Å². The fraction of sp³-hybridized carbons (Fsp3) is 0.875. The summed E-state index contributed by atoms with van der Waals surface area (Å²) in [5.41, 5.74) is 0.189. The van der Waals surface area contributed by atoms with E-state index in [0.29, 0.717) is 5.92 Å². The van der Waals surface area contributed by atoms with Gasteiger partial charge < -0.3 is 5.32 Å². The van der Waals surface area contributed by atoms with Crippen LogP contribution in [0.1, 0.15) is 26.7 Å². The number of rotatable bonds is 0. The third-order valence-corrected chi connectivity index (χ3v) is 2.92. The lowest BCUT2D eigenvalue weighted by Gasteiger charge is -2.23. The molecule has 2 heteroatoms. The van der Waals surface area contributed by atoms with Crippen molar-refractivity contribution in [3.63, 3.8) is 0 Å². The molecule has 56 valence electrons. The van der Waals surface area contributed by atoms with Crippen molar-refractivity contribution >= 4 is 5.91 Å². The highest BCUT2D eigenvalue weighted by Crippen LogP contribution is 2.51. The van der Waals surface area contributed by atoms with Gasteiger partial charge in [0, 0.05) is 12.0 Å². The standard InChI is InChI=1S/C8H13NO/c1-5-3-7(10)9-8(2)4-6(5)8/h5-6H,3-4H2,1-2H3,(H,9,10). The van der Waals surface area contributed by atoms with Gasteiger partial charge in [-0.05, 0) is 25.2 Å². The van der Waals surface area contributed by atoms with Gasteiger partial charge in [-0.15, -0.1) is 0 Å². The first-order valence-corrected chi connectivity index (χ1v) is 3.93. The maximum Gasteiger partial charge on any atom is 0.220 e. The van der Waals surface area contributed by atoms with Crippen molar-refractivity contribution in [2.45, 2.75) is 32.2 Å². The molecule has 1 aliphatic heterocycles. The topological polar surface area (TPSA) is 29.1 Å². The highest BCUT2D eigenvalue weighted by molar-refractivity contribution is 5.79. The lowest BCUT2D eigenvalue weighted by Crippen LogP contribution is -2.42. The van der Waals surface area contributed by atoms with Gasteiger partial charge in [0.2, 0.25) is 5.91 Å². The second kappa shape index (κ2) is 1.55. The molecule has 2 aliphatic rings. The predicted octanol–water partition coefficient (Wildman–Crippen LogP) is 0.921. The summed E-state index contributed by atoms with van der Waals surface area (Å²) in [4.78, 5) is 11.0. The Labute approximate surface area is 61.0 Å². The molecule has 3 atom stereocenters. The van der Waals surface area contributed by atoms with Gasteiger partial charge in [0.25, 0.3) is 0 Å². The second-order valence-electron chi connectivity index (χ2n) is 3.96. The first kappa shape index (κ1) is 6.20. The van der Waals surface area contributed by atoms with E-state index in [1.807, 2.05) is 0 Å². The Morgan fingerprint density at radius 1 is 1.70 bits per heavy atom. The number of hydrogen-bond acceptors (Lipinski definition) is 1. The van der Waals surface area contributed by atoms with Gasteiger partial charge in [-0.25, -0.2) is 0 Å². The van der Waals surface area contributed by atoms with Crippen LogP contribution in [0.3, 0.4) is 0 Å². The van der Waals surface area contributed by atoms with Gasteiger partial charge in [0.05, 0.1) is 0 Å². The molecule has 0 bridgehead atoms. The zero-order valence-corrected chi connectivity index (χ0v) is 6.48. The van der Waals surface area contributed by atoms with E-state index >= 15 is 0 Å². The summed E-state index contributed by atoms with van der Waals surface area (Å²) in [6, 6.07) is 0. The number of fused-ring (bicyclic) bond motifs is 1. The molecule has 1 heterocycles. The Kier molecular flexibility index (Phi) is 0.960. The molecular formula is C8H13NO. The number of carbonyl (C=O) groups excluding carboxylic acids is 1. The highest BCUT2D eigenvalue weighted by atomic mass is 16.1. The average molecular weight is 139 g/mol. The maximum atomic E-state index is 11.0. The molecule has 3 unspecified atom stereocenters. The Morgan fingerprint density at radius 3 is 3.00 bits per heavy atom. The molecule has 1 N–H and O–H groups in total. The number of hydrogen-bond donors (Lipinski definition) is 1. The van der Waals surface area contributed by atoms with E-state index in [9.17, 15) is 4.79 Å². The molecule has 0 aromatic carbocycles. The SMILES string of the molecule is CC1CC(=O)NC2(C)CC12. The smallest absolute Gasteiger partial charge is 0.220 e. The summed E-state index contributed by atoms with van der Waals surface area (Å²) in [5, 5.41) is 3.02. The van der Waals surface area contributed by atoms with E-state index in [-0.39, 0.29) is 11.4 Å². The van der Waals surface area contributed by atoms with Crippen LogP contribution in [0.5, 0.6) is 0 Å². The van der Waals surface area contributed by atoms with E-state index in [2.05, 4.69) is 19.2 Å². The molecule has 1 amide bonds. The summed E-state index contributed by atoms with van der Waals surface area (Å²) in [6.45, 7) is 4.32. The molecule has 1 saturated carbocycles. The molecule has 0 spiro atoms. The number of amides is 1. The van der Waals surface area contributed by atoms with Crippen molar-refractivity contribution in [2.24, 2.45) is 11.8 Å². The van der Waals surface area contributed by atoms with Crippen molar-refractivity contribution in [1.29, 1.82) is 0 Å². The van der Waals surface area contributed by atoms with Gasteiger partial charge >= 0.3 is 0 Å². The normalized spacial score (nSPS) is 51.6. The maximum absolute atomic E-state index is 11.0. The third kappa shape index (κ3) is 0.678. The van der Waals surface area contributed by atoms with Crippen LogP contribution in [0.4, 0.5) is 0 Å². The van der Waals surface area contributed by atoms with Crippen LogP contribution < -0.4 is 5.32 Å². The van der Waals surface area contributed by atoms with Crippen LogP contribution in [0, 0.1) is 11.8 Å². The molecular weight excluding hydrogens is 126 g/mol. The summed E-state index contributed by atoms with van der Waals surface area (Å²) in [7, 11) is 0.